The van der Waals surface area contributed by atoms with E-state index in [1.54, 1.807) is 0 Å². The Morgan fingerprint density at radius 2 is 2.10 bits per heavy atom. The van der Waals surface area contributed by atoms with E-state index in [1.165, 1.54) is 5.56 Å². The number of hydrogen-bond donors (Lipinski definition) is 1. The average molecular weight is 419 g/mol. The smallest absolute Gasteiger partial charge is 0.410 e. The average Bonchev–Trinajstić information content (AvgIpc) is 3.33. The third kappa shape index (κ3) is 5.89. The number of aliphatic imine (C=N–C) groups is 1. The number of hydrogen-bond acceptors (Lipinski definition) is 4. The van der Waals surface area contributed by atoms with Crippen LogP contribution in [0.3, 0.4) is 0 Å². The lowest BCUT2D eigenvalue weighted by Gasteiger charge is -2.36. The monoisotopic (exact) mass is 418 g/mol. The van der Waals surface area contributed by atoms with E-state index in [0.717, 1.165) is 57.8 Å². The van der Waals surface area contributed by atoms with E-state index in [1.807, 2.05) is 43.6 Å². The molecule has 0 aliphatic carbocycles. The number of guanidine groups is 1. The third-order valence-corrected chi connectivity index (χ3v) is 5.73. The van der Waals surface area contributed by atoms with Crippen molar-refractivity contribution < 1.29 is 9.53 Å². The van der Waals surface area contributed by atoms with Gasteiger partial charge < -0.3 is 19.9 Å². The van der Waals surface area contributed by atoms with Crippen molar-refractivity contribution in [3.8, 4) is 0 Å². The molecule has 2 aliphatic heterocycles. The minimum Gasteiger partial charge on any atom is -0.444 e. The van der Waals surface area contributed by atoms with Crippen LogP contribution in [0, 0.1) is 0 Å². The fourth-order valence-electron chi connectivity index (χ4n) is 4.24. The molecule has 2 fully saturated rings. The van der Waals surface area contributed by atoms with Crippen molar-refractivity contribution in [3.05, 3.63) is 18.0 Å². The van der Waals surface area contributed by atoms with Gasteiger partial charge in [0.15, 0.2) is 5.96 Å². The minimum absolute atomic E-state index is 0.0963. The van der Waals surface area contributed by atoms with Crippen LogP contribution >= 0.6 is 0 Å². The van der Waals surface area contributed by atoms with E-state index in [0.29, 0.717) is 12.5 Å². The topological polar surface area (TPSA) is 75.0 Å². The number of aryl methyl sites for hydroxylation is 1. The van der Waals surface area contributed by atoms with E-state index < -0.39 is 5.60 Å². The molecule has 30 heavy (non-hydrogen) atoms. The number of nitrogens with one attached hydrogen (secondary N) is 1. The largest absolute Gasteiger partial charge is 0.444 e. The van der Waals surface area contributed by atoms with Gasteiger partial charge in [0, 0.05) is 45.3 Å². The standard InChI is InChI=1S/C22H38N6O2/c1-6-23-20(27-12-10-17(16-27)18-13-25-26(5)15-18)24-14-19-9-7-8-11-28(19)21(29)30-22(2,3)4/h13,15,17,19H,6-12,14,16H2,1-5H3,(H,23,24). The van der Waals surface area contributed by atoms with Gasteiger partial charge in [0.05, 0.1) is 18.8 Å². The number of aromatic nitrogens is 2. The van der Waals surface area contributed by atoms with Gasteiger partial charge in [-0.3, -0.25) is 9.67 Å². The highest BCUT2D eigenvalue weighted by molar-refractivity contribution is 5.80. The zero-order chi connectivity index (χ0) is 21.7. The lowest BCUT2D eigenvalue weighted by Crippen LogP contribution is -2.48. The fourth-order valence-corrected chi connectivity index (χ4v) is 4.24. The summed E-state index contributed by atoms with van der Waals surface area (Å²) in [6, 6.07) is 0.0963. The van der Waals surface area contributed by atoms with Gasteiger partial charge >= 0.3 is 6.09 Å². The molecule has 0 aromatic carbocycles. The van der Waals surface area contributed by atoms with Crippen molar-refractivity contribution in [1.82, 2.24) is 24.9 Å². The van der Waals surface area contributed by atoms with Crippen LogP contribution < -0.4 is 5.32 Å². The highest BCUT2D eigenvalue weighted by atomic mass is 16.6. The van der Waals surface area contributed by atoms with Crippen LogP contribution in [0.4, 0.5) is 4.79 Å². The zero-order valence-corrected chi connectivity index (χ0v) is 19.2. The zero-order valence-electron chi connectivity index (χ0n) is 19.2. The SMILES string of the molecule is CCNC(=NCC1CCCCN1C(=O)OC(C)(C)C)N1CCC(c2cnn(C)c2)C1. The molecule has 1 aromatic rings. The first-order chi connectivity index (χ1) is 14.3. The van der Waals surface area contributed by atoms with Crippen molar-refractivity contribution in [2.24, 2.45) is 12.0 Å². The molecule has 2 saturated heterocycles. The van der Waals surface area contributed by atoms with Gasteiger partial charge in [0.1, 0.15) is 5.60 Å². The number of carbonyl (C=O) groups is 1. The van der Waals surface area contributed by atoms with Gasteiger partial charge in [-0.2, -0.15) is 5.10 Å². The summed E-state index contributed by atoms with van der Waals surface area (Å²) in [6.07, 6.45) is 8.09. The molecule has 0 radical (unpaired) electrons. The predicted octanol–water partition coefficient (Wildman–Crippen LogP) is 2.96. The molecule has 1 amide bonds. The number of rotatable bonds is 4. The molecule has 2 atom stereocenters. The van der Waals surface area contributed by atoms with Crippen LogP contribution in [0.1, 0.15) is 64.9 Å². The van der Waals surface area contributed by atoms with Gasteiger partial charge in [0.2, 0.25) is 0 Å². The molecule has 8 nitrogen and oxygen atoms in total. The number of nitrogens with zero attached hydrogens (tertiary/aromatic N) is 5. The van der Waals surface area contributed by atoms with Crippen molar-refractivity contribution in [3.63, 3.8) is 0 Å². The molecule has 8 heteroatoms. The summed E-state index contributed by atoms with van der Waals surface area (Å²) in [7, 11) is 1.96. The summed E-state index contributed by atoms with van der Waals surface area (Å²) < 4.78 is 7.50. The first-order valence-corrected chi connectivity index (χ1v) is 11.3. The van der Waals surface area contributed by atoms with E-state index in [9.17, 15) is 4.79 Å². The van der Waals surface area contributed by atoms with Crippen LogP contribution in [0.25, 0.3) is 0 Å². The molecular weight excluding hydrogens is 380 g/mol. The summed E-state index contributed by atoms with van der Waals surface area (Å²) in [5.74, 6) is 1.43. The summed E-state index contributed by atoms with van der Waals surface area (Å²) in [5.41, 5.74) is 0.813. The number of ether oxygens (including phenoxy) is 1. The number of piperidine rings is 1. The van der Waals surface area contributed by atoms with E-state index >= 15 is 0 Å². The van der Waals surface area contributed by atoms with Crippen molar-refractivity contribution >= 4 is 12.1 Å². The van der Waals surface area contributed by atoms with Gasteiger partial charge in [-0.15, -0.1) is 0 Å². The second-order valence-electron chi connectivity index (χ2n) is 9.40. The molecule has 1 N–H and O–H groups in total. The third-order valence-electron chi connectivity index (χ3n) is 5.73. The Kier molecular flexibility index (Phi) is 7.26. The Labute approximate surface area is 180 Å². The molecule has 3 heterocycles. The van der Waals surface area contributed by atoms with Crippen LogP contribution in [0.15, 0.2) is 17.4 Å². The van der Waals surface area contributed by atoms with E-state index in [-0.39, 0.29) is 12.1 Å². The Morgan fingerprint density at radius 3 is 2.77 bits per heavy atom. The molecule has 2 unspecified atom stereocenters. The Morgan fingerprint density at radius 1 is 1.30 bits per heavy atom. The van der Waals surface area contributed by atoms with Crippen LogP contribution in [-0.4, -0.2) is 76.0 Å². The summed E-state index contributed by atoms with van der Waals surface area (Å²) in [5, 5.41) is 7.76. The highest BCUT2D eigenvalue weighted by Crippen LogP contribution is 2.27. The second-order valence-corrected chi connectivity index (χ2v) is 9.40. The maximum absolute atomic E-state index is 12.7. The van der Waals surface area contributed by atoms with Crippen molar-refractivity contribution in [1.29, 1.82) is 0 Å². The maximum atomic E-state index is 12.7. The summed E-state index contributed by atoms with van der Waals surface area (Å²) in [6.45, 7) is 11.9. The van der Waals surface area contributed by atoms with E-state index in [2.05, 4.69) is 28.4 Å². The van der Waals surface area contributed by atoms with Crippen LogP contribution in [-0.2, 0) is 11.8 Å². The minimum atomic E-state index is -0.478. The van der Waals surface area contributed by atoms with Crippen molar-refractivity contribution in [2.75, 3.05) is 32.7 Å². The van der Waals surface area contributed by atoms with Crippen molar-refractivity contribution in [2.45, 2.75) is 70.9 Å². The van der Waals surface area contributed by atoms with Gasteiger partial charge in [-0.1, -0.05) is 0 Å². The molecular formula is C22H38N6O2. The number of carbonyl (C=O) groups excluding carboxylic acids is 1. The first-order valence-electron chi connectivity index (χ1n) is 11.3. The molecule has 0 bridgehead atoms. The number of likely N-dealkylation sites (tertiary alicyclic amines) is 2. The molecule has 1 aromatic heterocycles. The highest BCUT2D eigenvalue weighted by Gasteiger charge is 2.31. The predicted molar refractivity (Wildman–Crippen MR) is 119 cm³/mol. The van der Waals surface area contributed by atoms with Crippen LogP contribution in [0.2, 0.25) is 0 Å². The fraction of sp³-hybridized carbons (Fsp3) is 0.773. The first kappa shape index (κ1) is 22.4. The lowest BCUT2D eigenvalue weighted by molar-refractivity contribution is 0.0109. The Bertz CT molecular complexity index is 738. The molecule has 0 saturated carbocycles. The number of amides is 1. The second kappa shape index (κ2) is 9.71. The van der Waals surface area contributed by atoms with Crippen LogP contribution in [0.5, 0.6) is 0 Å². The van der Waals surface area contributed by atoms with Gasteiger partial charge in [0.25, 0.3) is 0 Å². The summed E-state index contributed by atoms with van der Waals surface area (Å²) >= 11 is 0. The normalized spacial score (nSPS) is 23.0. The van der Waals surface area contributed by atoms with Gasteiger partial charge in [-0.25, -0.2) is 4.79 Å². The molecule has 168 valence electrons. The maximum Gasteiger partial charge on any atom is 0.410 e. The summed E-state index contributed by atoms with van der Waals surface area (Å²) in [4.78, 5) is 21.8. The van der Waals surface area contributed by atoms with Gasteiger partial charge in [-0.05, 0) is 58.9 Å². The van der Waals surface area contributed by atoms with E-state index in [4.69, 9.17) is 9.73 Å². The quantitative estimate of drug-likeness (QED) is 0.601. The molecule has 0 spiro atoms. The molecule has 3 rings (SSSR count). The Hall–Kier alpha value is -2.25. The Balaban J connectivity index is 1.65. The lowest BCUT2D eigenvalue weighted by atomic mass is 10.0. The molecule has 2 aliphatic rings.